The highest BCUT2D eigenvalue weighted by Crippen LogP contribution is 2.39. The number of hydrogen-bond donors (Lipinski definition) is 0. The summed E-state index contributed by atoms with van der Waals surface area (Å²) in [4.78, 5) is 14.7. The van der Waals surface area contributed by atoms with Gasteiger partial charge in [0.2, 0.25) is 5.92 Å². The van der Waals surface area contributed by atoms with Gasteiger partial charge >= 0.3 is 7.12 Å². The minimum Gasteiger partial charge on any atom is -0.399 e. The second kappa shape index (κ2) is 6.01. The van der Waals surface area contributed by atoms with E-state index in [1.54, 1.807) is 4.90 Å². The molecule has 0 N–H and O–H groups in total. The van der Waals surface area contributed by atoms with Gasteiger partial charge in [0.05, 0.1) is 11.2 Å². The lowest BCUT2D eigenvalue weighted by molar-refractivity contribution is -0.0510. The summed E-state index contributed by atoms with van der Waals surface area (Å²) in [6.07, 6.45) is 0.432. The Morgan fingerprint density at radius 3 is 2.26 bits per heavy atom. The summed E-state index contributed by atoms with van der Waals surface area (Å²) in [5.74, 6) is -2.66. The Hall–Kier alpha value is -1.47. The first-order chi connectivity index (χ1) is 12.5. The first-order valence-corrected chi connectivity index (χ1v) is 9.66. The third kappa shape index (κ3) is 3.19. The molecule has 1 aromatic carbocycles. The summed E-state index contributed by atoms with van der Waals surface area (Å²) >= 11 is 0. The van der Waals surface area contributed by atoms with Crippen LogP contribution in [-0.2, 0) is 15.9 Å². The summed E-state index contributed by atoms with van der Waals surface area (Å²) in [5.41, 5.74) is 1.51. The van der Waals surface area contributed by atoms with Gasteiger partial charge in [0.15, 0.2) is 0 Å². The molecular weight excluding hydrogens is 351 g/mol. The van der Waals surface area contributed by atoms with Crippen molar-refractivity contribution in [3.8, 4) is 0 Å². The van der Waals surface area contributed by atoms with E-state index in [0.717, 1.165) is 11.0 Å². The lowest BCUT2D eigenvalue weighted by Crippen LogP contribution is -2.41. The van der Waals surface area contributed by atoms with Gasteiger partial charge in [-0.25, -0.2) is 8.78 Å². The predicted molar refractivity (Wildman–Crippen MR) is 99.2 cm³/mol. The minimum absolute atomic E-state index is 0.0708. The molecule has 2 aliphatic heterocycles. The Kier molecular flexibility index (Phi) is 4.21. The Bertz CT molecular complexity index is 754. The van der Waals surface area contributed by atoms with Gasteiger partial charge in [0, 0.05) is 31.0 Å². The van der Waals surface area contributed by atoms with E-state index in [0.29, 0.717) is 24.9 Å². The number of hydrogen-bond acceptors (Lipinski definition) is 3. The van der Waals surface area contributed by atoms with Crippen molar-refractivity contribution >= 4 is 18.5 Å². The average Bonchev–Trinajstić information content (AvgIpc) is 3.01. The summed E-state index contributed by atoms with van der Waals surface area (Å²) in [5, 5.41) is 0. The van der Waals surface area contributed by atoms with Crippen molar-refractivity contribution in [2.24, 2.45) is 0 Å². The van der Waals surface area contributed by atoms with Crippen LogP contribution in [0.15, 0.2) is 18.2 Å². The highest BCUT2D eigenvalue weighted by molar-refractivity contribution is 6.62. The SMILES string of the molecule is CC1(C)OB(c2ccc3c(c2)C(=O)N(C2CCC(F)(F)CC2)C3)OC1(C)C. The maximum absolute atomic E-state index is 13.4. The number of fused-ring (bicyclic) bond motifs is 1. The van der Waals surface area contributed by atoms with E-state index < -0.39 is 24.2 Å². The number of alkyl halides is 2. The monoisotopic (exact) mass is 377 g/mol. The maximum atomic E-state index is 13.4. The van der Waals surface area contributed by atoms with Crippen molar-refractivity contribution in [2.45, 2.75) is 83.1 Å². The molecule has 1 aliphatic carbocycles. The topological polar surface area (TPSA) is 38.8 Å². The van der Waals surface area contributed by atoms with Gasteiger partial charge in [0.25, 0.3) is 5.91 Å². The van der Waals surface area contributed by atoms with E-state index in [2.05, 4.69) is 0 Å². The van der Waals surface area contributed by atoms with E-state index in [1.807, 2.05) is 45.9 Å². The Labute approximate surface area is 159 Å². The molecule has 146 valence electrons. The summed E-state index contributed by atoms with van der Waals surface area (Å²) in [6.45, 7) is 8.46. The van der Waals surface area contributed by atoms with Gasteiger partial charge in [-0.05, 0) is 57.6 Å². The highest BCUT2D eigenvalue weighted by Gasteiger charge is 2.52. The molecule has 4 nitrogen and oxygen atoms in total. The third-order valence-corrected chi connectivity index (χ3v) is 6.62. The molecule has 0 radical (unpaired) electrons. The van der Waals surface area contributed by atoms with Gasteiger partial charge in [-0.1, -0.05) is 12.1 Å². The number of carbonyl (C=O) groups is 1. The largest absolute Gasteiger partial charge is 0.494 e. The van der Waals surface area contributed by atoms with Crippen LogP contribution in [0.4, 0.5) is 8.78 Å². The molecule has 7 heteroatoms. The Morgan fingerprint density at radius 2 is 1.67 bits per heavy atom. The Morgan fingerprint density at radius 1 is 1.07 bits per heavy atom. The fraction of sp³-hybridized carbons (Fsp3) is 0.650. The first-order valence-electron chi connectivity index (χ1n) is 9.66. The van der Waals surface area contributed by atoms with Crippen LogP contribution >= 0.6 is 0 Å². The molecule has 1 aromatic rings. The molecule has 0 aromatic heterocycles. The standard InChI is InChI=1S/C20H26BF2NO3/c1-18(2)19(3,4)27-21(26-18)14-6-5-13-12-24(17(25)16(13)11-14)15-7-9-20(22,23)10-8-15/h5-6,11,15H,7-10,12H2,1-4H3. The second-order valence-corrected chi connectivity index (χ2v) is 9.03. The van der Waals surface area contributed by atoms with Gasteiger partial charge in [0.1, 0.15) is 0 Å². The van der Waals surface area contributed by atoms with Gasteiger partial charge in [-0.2, -0.15) is 0 Å². The van der Waals surface area contributed by atoms with Crippen LogP contribution in [0.1, 0.15) is 69.3 Å². The van der Waals surface area contributed by atoms with Gasteiger partial charge in [-0.15, -0.1) is 0 Å². The molecule has 1 saturated heterocycles. The molecule has 0 unspecified atom stereocenters. The summed E-state index contributed by atoms with van der Waals surface area (Å²) in [7, 11) is -0.518. The molecule has 3 aliphatic rings. The number of amides is 1. The second-order valence-electron chi connectivity index (χ2n) is 9.03. The van der Waals surface area contributed by atoms with Gasteiger partial charge < -0.3 is 14.2 Å². The van der Waals surface area contributed by atoms with Crippen molar-refractivity contribution in [3.05, 3.63) is 29.3 Å². The smallest absolute Gasteiger partial charge is 0.399 e. The molecular formula is C20H26BF2NO3. The number of benzene rings is 1. The van der Waals surface area contributed by atoms with E-state index in [-0.39, 0.29) is 24.8 Å². The van der Waals surface area contributed by atoms with E-state index in [9.17, 15) is 13.6 Å². The molecule has 2 fully saturated rings. The van der Waals surface area contributed by atoms with Crippen LogP contribution in [0, 0.1) is 0 Å². The minimum atomic E-state index is -2.59. The van der Waals surface area contributed by atoms with Crippen molar-refractivity contribution in [1.82, 2.24) is 4.90 Å². The molecule has 0 bridgehead atoms. The van der Waals surface area contributed by atoms with Crippen LogP contribution in [-0.4, -0.2) is 41.1 Å². The zero-order valence-electron chi connectivity index (χ0n) is 16.4. The van der Waals surface area contributed by atoms with Gasteiger partial charge in [-0.3, -0.25) is 4.79 Å². The van der Waals surface area contributed by atoms with E-state index in [4.69, 9.17) is 9.31 Å². The average molecular weight is 377 g/mol. The number of nitrogens with zero attached hydrogens (tertiary/aromatic N) is 1. The van der Waals surface area contributed by atoms with Crippen molar-refractivity contribution in [2.75, 3.05) is 0 Å². The summed E-state index contributed by atoms with van der Waals surface area (Å²) in [6, 6.07) is 5.61. The Balaban J connectivity index is 1.53. The fourth-order valence-corrected chi connectivity index (χ4v) is 4.10. The first kappa shape index (κ1) is 18.9. The predicted octanol–water partition coefficient (Wildman–Crippen LogP) is 3.52. The van der Waals surface area contributed by atoms with Crippen molar-refractivity contribution in [1.29, 1.82) is 0 Å². The lowest BCUT2D eigenvalue weighted by atomic mass is 9.78. The maximum Gasteiger partial charge on any atom is 0.494 e. The van der Waals surface area contributed by atoms with Crippen molar-refractivity contribution < 1.29 is 22.9 Å². The quantitative estimate of drug-likeness (QED) is 0.741. The number of rotatable bonds is 2. The van der Waals surface area contributed by atoms with Crippen LogP contribution in [0.3, 0.4) is 0 Å². The molecule has 0 spiro atoms. The van der Waals surface area contributed by atoms with Crippen LogP contribution in [0.2, 0.25) is 0 Å². The normalized spacial score (nSPS) is 26.5. The number of halogens is 2. The zero-order valence-corrected chi connectivity index (χ0v) is 16.4. The molecule has 4 rings (SSSR count). The molecule has 1 saturated carbocycles. The molecule has 1 amide bonds. The molecule has 0 atom stereocenters. The van der Waals surface area contributed by atoms with E-state index >= 15 is 0 Å². The molecule has 27 heavy (non-hydrogen) atoms. The number of carbonyl (C=O) groups excluding carboxylic acids is 1. The van der Waals surface area contributed by atoms with Crippen molar-refractivity contribution in [3.63, 3.8) is 0 Å². The lowest BCUT2D eigenvalue weighted by Gasteiger charge is -2.34. The zero-order chi connectivity index (χ0) is 19.6. The van der Waals surface area contributed by atoms with E-state index in [1.165, 1.54) is 0 Å². The fourth-order valence-electron chi connectivity index (χ4n) is 4.10. The van der Waals surface area contributed by atoms with Crippen LogP contribution < -0.4 is 5.46 Å². The third-order valence-electron chi connectivity index (χ3n) is 6.62. The summed E-state index contributed by atoms with van der Waals surface area (Å²) < 4.78 is 39.1. The van der Waals surface area contributed by atoms with Crippen LogP contribution in [0.5, 0.6) is 0 Å². The van der Waals surface area contributed by atoms with Crippen LogP contribution in [0.25, 0.3) is 0 Å². The highest BCUT2D eigenvalue weighted by atomic mass is 19.3. The molecule has 2 heterocycles.